The Morgan fingerprint density at radius 1 is 0.938 bits per heavy atom. The van der Waals surface area contributed by atoms with Crippen LogP contribution in [0.1, 0.15) is 45.2 Å². The Balaban J connectivity index is 1.77. The first-order chi connectivity index (χ1) is 15.1. The summed E-state index contributed by atoms with van der Waals surface area (Å²) in [5.41, 5.74) is 0.154. The fourth-order valence-corrected chi connectivity index (χ4v) is 4.32. The second kappa shape index (κ2) is 9.91. The van der Waals surface area contributed by atoms with Crippen molar-refractivity contribution < 1.29 is 23.8 Å². The van der Waals surface area contributed by atoms with Crippen LogP contribution in [-0.2, 0) is 37.0 Å². The lowest BCUT2D eigenvalue weighted by molar-refractivity contribution is -0.158. The maximum Gasteiger partial charge on any atom is 0.312 e. The molecule has 1 aliphatic heterocycles. The zero-order valence-electron chi connectivity index (χ0n) is 19.2. The fraction of sp³-hybridized carbons (Fsp3) is 0.462. The Bertz CT molecular complexity index is 912. The van der Waals surface area contributed by atoms with E-state index in [0.717, 1.165) is 11.1 Å². The van der Waals surface area contributed by atoms with E-state index < -0.39 is 34.8 Å². The van der Waals surface area contributed by atoms with Crippen LogP contribution in [-0.4, -0.2) is 31.5 Å². The molecule has 6 heteroatoms. The number of hydrogen-bond donors (Lipinski definition) is 0. The van der Waals surface area contributed by atoms with Gasteiger partial charge in [0.1, 0.15) is 13.2 Å². The molecule has 0 bridgehead atoms. The molecule has 0 aliphatic carbocycles. The average molecular weight is 434 g/mol. The lowest BCUT2D eigenvalue weighted by Crippen LogP contribution is -2.46. The van der Waals surface area contributed by atoms with Crippen LogP contribution >= 0.6 is 0 Å². The van der Waals surface area contributed by atoms with Gasteiger partial charge in [-0.05, 0) is 25.0 Å². The molecule has 1 saturated heterocycles. The van der Waals surface area contributed by atoms with Crippen LogP contribution in [0.25, 0.3) is 0 Å². The van der Waals surface area contributed by atoms with Crippen molar-refractivity contribution in [2.24, 2.45) is 11.3 Å². The van der Waals surface area contributed by atoms with E-state index in [2.05, 4.69) is 0 Å². The summed E-state index contributed by atoms with van der Waals surface area (Å²) in [5.74, 6) is -1.92. The Labute approximate surface area is 191 Å². The summed E-state index contributed by atoms with van der Waals surface area (Å²) in [7, 11) is 6.19. The summed E-state index contributed by atoms with van der Waals surface area (Å²) >= 11 is 0. The Morgan fingerprint density at radius 3 is 1.94 bits per heavy atom. The molecule has 1 heterocycles. The quantitative estimate of drug-likeness (QED) is 0.448. The highest BCUT2D eigenvalue weighted by Gasteiger charge is 2.62. The molecule has 2 unspecified atom stereocenters. The summed E-state index contributed by atoms with van der Waals surface area (Å²) in [6.07, 6.45) is -0.554. The normalized spacial score (nSPS) is 25.1. The predicted octanol–water partition coefficient (Wildman–Crippen LogP) is 4.64. The van der Waals surface area contributed by atoms with Crippen molar-refractivity contribution in [2.75, 3.05) is 0 Å². The molecule has 1 aliphatic rings. The summed E-state index contributed by atoms with van der Waals surface area (Å²) in [6.45, 7) is 7.79. The van der Waals surface area contributed by atoms with Crippen LogP contribution < -0.4 is 0 Å². The molecule has 1 fully saturated rings. The molecule has 4 atom stereocenters. The van der Waals surface area contributed by atoms with Gasteiger partial charge < -0.3 is 14.2 Å². The zero-order chi connectivity index (χ0) is 23.4. The highest BCUT2D eigenvalue weighted by molar-refractivity contribution is 6.12. The molecule has 0 amide bonds. The van der Waals surface area contributed by atoms with Gasteiger partial charge in [-0.25, -0.2) is 0 Å². The molecule has 0 spiro atoms. The van der Waals surface area contributed by atoms with Gasteiger partial charge in [0, 0.05) is 5.41 Å². The van der Waals surface area contributed by atoms with E-state index in [-0.39, 0.29) is 25.6 Å². The van der Waals surface area contributed by atoms with Gasteiger partial charge >= 0.3 is 11.9 Å². The van der Waals surface area contributed by atoms with Gasteiger partial charge in [-0.1, -0.05) is 80.3 Å². The summed E-state index contributed by atoms with van der Waals surface area (Å²) in [6, 6.07) is 19.0. The maximum absolute atomic E-state index is 13.3. The maximum atomic E-state index is 13.3. The van der Waals surface area contributed by atoms with Crippen molar-refractivity contribution >= 4 is 19.8 Å². The first kappa shape index (κ1) is 24.1. The van der Waals surface area contributed by atoms with E-state index in [0.29, 0.717) is 0 Å². The van der Waals surface area contributed by atoms with Crippen LogP contribution in [0.4, 0.5) is 0 Å². The molecule has 2 radical (unpaired) electrons. The number of esters is 2. The van der Waals surface area contributed by atoms with Crippen molar-refractivity contribution in [3.63, 3.8) is 0 Å². The molecule has 0 N–H and O–H groups in total. The number of benzene rings is 2. The van der Waals surface area contributed by atoms with Gasteiger partial charge in [0.15, 0.2) is 0 Å². The number of carbonyl (C=O) groups excluding carboxylic acids is 2. The minimum Gasteiger partial charge on any atom is -0.461 e. The third kappa shape index (κ3) is 5.24. The number of ether oxygens (including phenoxy) is 3. The molecular weight excluding hydrogens is 403 g/mol. The largest absolute Gasteiger partial charge is 0.461 e. The second-order valence-electron chi connectivity index (χ2n) is 9.26. The van der Waals surface area contributed by atoms with Crippen LogP contribution in [0, 0.1) is 11.3 Å². The molecule has 2 aromatic rings. The minimum atomic E-state index is -0.854. The van der Waals surface area contributed by atoms with E-state index in [1.54, 1.807) is 6.92 Å². The van der Waals surface area contributed by atoms with Crippen LogP contribution in [0.3, 0.4) is 0 Å². The monoisotopic (exact) mass is 434 g/mol. The summed E-state index contributed by atoms with van der Waals surface area (Å²) < 4.78 is 17.4. The van der Waals surface area contributed by atoms with Crippen LogP contribution in [0.5, 0.6) is 0 Å². The second-order valence-corrected chi connectivity index (χ2v) is 9.26. The standard InChI is InChI=1S/C26H31BO5/c1-18(27)23-22(24(29)31-17-20-13-9-6-10-14-20)26(4,25(2,3)32-23)15-21(28)30-16-19-11-7-5-8-12-19/h5-14,18,22-23H,15-17H2,1-4H3/t18-,22?,23?,26+/m1/s1. The van der Waals surface area contributed by atoms with Gasteiger partial charge in [-0.3, -0.25) is 9.59 Å². The van der Waals surface area contributed by atoms with Crippen molar-refractivity contribution in [2.45, 2.75) is 64.9 Å². The topological polar surface area (TPSA) is 61.8 Å². The molecule has 0 aromatic heterocycles. The zero-order valence-corrected chi connectivity index (χ0v) is 19.2. The Hall–Kier alpha value is -2.60. The van der Waals surface area contributed by atoms with Gasteiger partial charge in [0.2, 0.25) is 0 Å². The van der Waals surface area contributed by atoms with E-state index in [1.807, 2.05) is 81.4 Å². The van der Waals surface area contributed by atoms with Crippen LogP contribution in [0.2, 0.25) is 5.82 Å². The summed E-state index contributed by atoms with van der Waals surface area (Å²) in [5, 5.41) is 0. The fourth-order valence-electron chi connectivity index (χ4n) is 4.32. The highest BCUT2D eigenvalue weighted by Crippen LogP contribution is 2.55. The first-order valence-electron chi connectivity index (χ1n) is 11.0. The van der Waals surface area contributed by atoms with Crippen LogP contribution in [0.15, 0.2) is 60.7 Å². The molecule has 168 valence electrons. The molecule has 32 heavy (non-hydrogen) atoms. The predicted molar refractivity (Wildman–Crippen MR) is 123 cm³/mol. The third-order valence-corrected chi connectivity index (χ3v) is 6.57. The van der Waals surface area contributed by atoms with Crippen molar-refractivity contribution in [1.29, 1.82) is 0 Å². The highest BCUT2D eigenvalue weighted by atomic mass is 16.6. The molecule has 0 saturated carbocycles. The van der Waals surface area contributed by atoms with E-state index in [9.17, 15) is 9.59 Å². The smallest absolute Gasteiger partial charge is 0.312 e. The van der Waals surface area contributed by atoms with Crippen molar-refractivity contribution in [3.8, 4) is 0 Å². The Morgan fingerprint density at radius 2 is 1.44 bits per heavy atom. The number of rotatable bonds is 8. The van der Waals surface area contributed by atoms with Crippen molar-refractivity contribution in [3.05, 3.63) is 71.8 Å². The number of hydrogen-bond acceptors (Lipinski definition) is 5. The molecule has 3 rings (SSSR count). The van der Waals surface area contributed by atoms with E-state index in [1.165, 1.54) is 0 Å². The summed E-state index contributed by atoms with van der Waals surface area (Å²) in [4.78, 5) is 26.1. The van der Waals surface area contributed by atoms with E-state index >= 15 is 0 Å². The minimum absolute atomic E-state index is 0.0150. The average Bonchev–Trinajstić information content (AvgIpc) is 2.97. The van der Waals surface area contributed by atoms with E-state index in [4.69, 9.17) is 22.1 Å². The molecular formula is C26H31BO5. The first-order valence-corrected chi connectivity index (χ1v) is 11.0. The molecule has 2 aromatic carbocycles. The number of carbonyl (C=O) groups is 2. The lowest BCUT2D eigenvalue weighted by atomic mass is 9.63. The van der Waals surface area contributed by atoms with Gasteiger partial charge in [0.05, 0.1) is 31.9 Å². The van der Waals surface area contributed by atoms with Gasteiger partial charge in [0.25, 0.3) is 0 Å². The molecule has 5 nitrogen and oxygen atoms in total. The Kier molecular flexibility index (Phi) is 7.45. The van der Waals surface area contributed by atoms with Crippen molar-refractivity contribution in [1.82, 2.24) is 0 Å². The SMILES string of the molecule is [B][C@H](C)C1OC(C)(C)[C@@](C)(CC(=O)OCc2ccccc2)C1C(=O)OCc1ccccc1. The van der Waals surface area contributed by atoms with Gasteiger partial charge in [-0.15, -0.1) is 0 Å². The van der Waals surface area contributed by atoms with Gasteiger partial charge in [-0.2, -0.15) is 0 Å². The third-order valence-electron chi connectivity index (χ3n) is 6.57. The lowest BCUT2D eigenvalue weighted by Gasteiger charge is -2.38.